The molecular formula is C21H23F3N4O. The fraction of sp³-hybridized carbons (Fsp3) is 0.381. The number of nitrogens with zero attached hydrogens (tertiary/aromatic N) is 3. The Kier molecular flexibility index (Phi) is 5.64. The van der Waals surface area contributed by atoms with E-state index < -0.39 is 17.8 Å². The first kappa shape index (κ1) is 20.8. The third-order valence-electron chi connectivity index (χ3n) is 4.55. The quantitative estimate of drug-likeness (QED) is 0.656. The Hall–Kier alpha value is -2.90. The van der Waals surface area contributed by atoms with Crippen molar-refractivity contribution in [1.29, 1.82) is 0 Å². The number of nitrogens with one attached hydrogen (secondary N) is 1. The van der Waals surface area contributed by atoms with Crippen molar-refractivity contribution < 1.29 is 18.0 Å². The maximum absolute atomic E-state index is 13.7. The molecule has 8 heteroatoms. The lowest BCUT2D eigenvalue weighted by Crippen LogP contribution is -2.27. The molecule has 0 aliphatic carbocycles. The molecular weight excluding hydrogens is 381 g/mol. The van der Waals surface area contributed by atoms with E-state index in [0.717, 1.165) is 17.8 Å². The standard InChI is InChI=1S/C21H23F3N4O/c1-12(2)10-25-20(29)16-11-26-28-18(21(22,23)24)9-17(27-19(16)28)15-7-5-14(6-8-15)13(3)4/h5-9,11-13H,10H2,1-4H3,(H,25,29). The summed E-state index contributed by atoms with van der Waals surface area (Å²) in [5, 5.41) is 6.48. The number of amides is 1. The van der Waals surface area contributed by atoms with Crippen LogP contribution in [0.3, 0.4) is 0 Å². The normalized spacial score (nSPS) is 12.2. The third-order valence-corrected chi connectivity index (χ3v) is 4.55. The fourth-order valence-corrected chi connectivity index (χ4v) is 2.90. The topological polar surface area (TPSA) is 59.3 Å². The van der Waals surface area contributed by atoms with Gasteiger partial charge in [0, 0.05) is 12.1 Å². The molecule has 29 heavy (non-hydrogen) atoms. The SMILES string of the molecule is CC(C)CNC(=O)c1cnn2c(C(F)(F)F)cc(-c3ccc(C(C)C)cc3)nc12. The first-order chi connectivity index (χ1) is 13.6. The van der Waals surface area contributed by atoms with E-state index in [-0.39, 0.29) is 22.8 Å². The zero-order valence-electron chi connectivity index (χ0n) is 16.7. The van der Waals surface area contributed by atoms with Crippen molar-refractivity contribution in [2.24, 2.45) is 5.92 Å². The number of carbonyl (C=O) groups is 1. The molecule has 5 nitrogen and oxygen atoms in total. The van der Waals surface area contributed by atoms with Crippen molar-refractivity contribution in [3.8, 4) is 11.3 Å². The molecule has 0 saturated carbocycles. The molecule has 0 spiro atoms. The lowest BCUT2D eigenvalue weighted by molar-refractivity contribution is -0.142. The summed E-state index contributed by atoms with van der Waals surface area (Å²) in [4.78, 5) is 16.8. The second-order valence-electron chi connectivity index (χ2n) is 7.70. The molecule has 0 radical (unpaired) electrons. The number of rotatable bonds is 5. The van der Waals surface area contributed by atoms with E-state index in [9.17, 15) is 18.0 Å². The maximum Gasteiger partial charge on any atom is 0.433 e. The van der Waals surface area contributed by atoms with Crippen LogP contribution in [0.15, 0.2) is 36.5 Å². The lowest BCUT2D eigenvalue weighted by Gasteiger charge is -2.12. The molecule has 1 N–H and O–H groups in total. The van der Waals surface area contributed by atoms with Gasteiger partial charge in [-0.05, 0) is 23.5 Å². The molecule has 3 rings (SSSR count). The number of benzene rings is 1. The van der Waals surface area contributed by atoms with Crippen LogP contribution < -0.4 is 5.32 Å². The minimum atomic E-state index is -4.65. The molecule has 0 bridgehead atoms. The average Bonchev–Trinajstić information content (AvgIpc) is 3.08. The van der Waals surface area contributed by atoms with E-state index in [1.807, 2.05) is 39.8 Å². The van der Waals surface area contributed by atoms with Crippen molar-refractivity contribution in [3.05, 3.63) is 53.3 Å². The van der Waals surface area contributed by atoms with Gasteiger partial charge >= 0.3 is 6.18 Å². The summed E-state index contributed by atoms with van der Waals surface area (Å²) in [7, 11) is 0. The summed E-state index contributed by atoms with van der Waals surface area (Å²) in [6.07, 6.45) is -3.52. The molecule has 1 aromatic carbocycles. The van der Waals surface area contributed by atoms with Crippen molar-refractivity contribution >= 4 is 11.6 Å². The summed E-state index contributed by atoms with van der Waals surface area (Å²) in [6.45, 7) is 8.33. The second kappa shape index (κ2) is 7.85. The van der Waals surface area contributed by atoms with Gasteiger partial charge in [0.2, 0.25) is 0 Å². The largest absolute Gasteiger partial charge is 0.433 e. The van der Waals surface area contributed by atoms with Crippen molar-refractivity contribution in [2.45, 2.75) is 39.8 Å². The highest BCUT2D eigenvalue weighted by Crippen LogP contribution is 2.33. The Morgan fingerprint density at radius 2 is 1.79 bits per heavy atom. The number of hydrogen-bond donors (Lipinski definition) is 1. The maximum atomic E-state index is 13.7. The molecule has 1 amide bonds. The highest BCUT2D eigenvalue weighted by molar-refractivity contribution is 5.99. The van der Waals surface area contributed by atoms with Crippen LogP contribution in [0.5, 0.6) is 0 Å². The van der Waals surface area contributed by atoms with Gasteiger partial charge in [-0.3, -0.25) is 4.79 Å². The van der Waals surface area contributed by atoms with Gasteiger partial charge in [-0.1, -0.05) is 52.0 Å². The molecule has 2 aromatic heterocycles. The Morgan fingerprint density at radius 3 is 2.34 bits per heavy atom. The summed E-state index contributed by atoms with van der Waals surface area (Å²) in [5.41, 5.74) is 0.661. The summed E-state index contributed by atoms with van der Waals surface area (Å²) in [5.74, 6) is 0.00691. The van der Waals surface area contributed by atoms with Crippen LogP contribution in [0.25, 0.3) is 16.9 Å². The number of carbonyl (C=O) groups excluding carboxylic acids is 1. The van der Waals surface area contributed by atoms with Gasteiger partial charge in [-0.2, -0.15) is 18.3 Å². The second-order valence-corrected chi connectivity index (χ2v) is 7.70. The van der Waals surface area contributed by atoms with Crippen LogP contribution in [0.4, 0.5) is 13.2 Å². The molecule has 0 saturated heterocycles. The monoisotopic (exact) mass is 404 g/mol. The molecule has 0 aliphatic heterocycles. The minimum absolute atomic E-state index is 0.0109. The average molecular weight is 404 g/mol. The van der Waals surface area contributed by atoms with E-state index in [1.54, 1.807) is 12.1 Å². The van der Waals surface area contributed by atoms with Crippen LogP contribution in [0.2, 0.25) is 0 Å². The molecule has 3 aromatic rings. The van der Waals surface area contributed by atoms with Crippen LogP contribution in [0, 0.1) is 5.92 Å². The molecule has 154 valence electrons. The Morgan fingerprint density at radius 1 is 1.14 bits per heavy atom. The van der Waals surface area contributed by atoms with Gasteiger partial charge in [-0.15, -0.1) is 0 Å². The van der Waals surface area contributed by atoms with Crippen molar-refractivity contribution in [2.75, 3.05) is 6.54 Å². The van der Waals surface area contributed by atoms with E-state index in [2.05, 4.69) is 15.4 Å². The zero-order chi connectivity index (χ0) is 21.3. The highest BCUT2D eigenvalue weighted by Gasteiger charge is 2.36. The number of hydrogen-bond acceptors (Lipinski definition) is 3. The van der Waals surface area contributed by atoms with Gasteiger partial charge in [0.25, 0.3) is 5.91 Å². The Labute approximate surface area is 167 Å². The van der Waals surface area contributed by atoms with Gasteiger partial charge < -0.3 is 5.32 Å². The van der Waals surface area contributed by atoms with Crippen LogP contribution in [-0.4, -0.2) is 27.0 Å². The number of alkyl halides is 3. The predicted molar refractivity (Wildman–Crippen MR) is 105 cm³/mol. The van der Waals surface area contributed by atoms with E-state index in [0.29, 0.717) is 22.5 Å². The van der Waals surface area contributed by atoms with Crippen LogP contribution in [0.1, 0.15) is 55.2 Å². The van der Waals surface area contributed by atoms with Crippen LogP contribution >= 0.6 is 0 Å². The molecule has 0 aliphatic rings. The number of aromatic nitrogens is 3. The van der Waals surface area contributed by atoms with E-state index in [1.165, 1.54) is 0 Å². The number of halogens is 3. The van der Waals surface area contributed by atoms with Crippen molar-refractivity contribution in [1.82, 2.24) is 19.9 Å². The summed E-state index contributed by atoms with van der Waals surface area (Å²) >= 11 is 0. The van der Waals surface area contributed by atoms with Gasteiger partial charge in [-0.25, -0.2) is 9.50 Å². The number of fused-ring (bicyclic) bond motifs is 1. The summed E-state index contributed by atoms with van der Waals surface area (Å²) in [6, 6.07) is 8.17. The Bertz CT molecular complexity index is 1020. The molecule has 0 fully saturated rings. The van der Waals surface area contributed by atoms with Gasteiger partial charge in [0.15, 0.2) is 11.3 Å². The van der Waals surface area contributed by atoms with E-state index >= 15 is 0 Å². The van der Waals surface area contributed by atoms with E-state index in [4.69, 9.17) is 0 Å². The Balaban J connectivity index is 2.13. The minimum Gasteiger partial charge on any atom is -0.352 e. The van der Waals surface area contributed by atoms with Gasteiger partial charge in [0.1, 0.15) is 5.56 Å². The van der Waals surface area contributed by atoms with Crippen LogP contribution in [-0.2, 0) is 6.18 Å². The zero-order valence-corrected chi connectivity index (χ0v) is 16.7. The molecule has 2 heterocycles. The first-order valence-electron chi connectivity index (χ1n) is 9.42. The van der Waals surface area contributed by atoms with Crippen molar-refractivity contribution in [3.63, 3.8) is 0 Å². The summed E-state index contributed by atoms with van der Waals surface area (Å²) < 4.78 is 41.7. The smallest absolute Gasteiger partial charge is 0.352 e. The molecule has 0 atom stereocenters. The lowest BCUT2D eigenvalue weighted by atomic mass is 10.0. The first-order valence-corrected chi connectivity index (χ1v) is 9.42. The predicted octanol–water partition coefficient (Wildman–Crippen LogP) is 4.92. The third kappa shape index (κ3) is 4.41. The van der Waals surface area contributed by atoms with Gasteiger partial charge in [0.05, 0.1) is 11.9 Å². The highest BCUT2D eigenvalue weighted by atomic mass is 19.4. The molecule has 0 unspecified atom stereocenters. The fourth-order valence-electron chi connectivity index (χ4n) is 2.90.